The van der Waals surface area contributed by atoms with Crippen LogP contribution in [0.3, 0.4) is 0 Å². The molecule has 0 aliphatic rings. The quantitative estimate of drug-likeness (QED) is 0.921. The normalized spacial score (nSPS) is 10.5. The minimum absolute atomic E-state index is 0.0382. The van der Waals surface area contributed by atoms with E-state index in [0.29, 0.717) is 12.1 Å². The number of aryl methyl sites for hydroxylation is 2. The van der Waals surface area contributed by atoms with Gasteiger partial charge in [-0.25, -0.2) is 0 Å². The third-order valence-electron chi connectivity index (χ3n) is 3.13. The Labute approximate surface area is 121 Å². The minimum atomic E-state index is -0.0382. The maximum Gasteiger partial charge on any atom is 0.251 e. The van der Waals surface area contributed by atoms with Crippen LogP contribution in [0.5, 0.6) is 0 Å². The lowest BCUT2D eigenvalue weighted by molar-refractivity contribution is 0.0952. The van der Waals surface area contributed by atoms with E-state index in [1.165, 1.54) is 11.4 Å². The molecule has 0 fully saturated rings. The van der Waals surface area contributed by atoms with Crippen LogP contribution in [0.4, 0.5) is 0 Å². The molecule has 4 heteroatoms. The highest BCUT2D eigenvalue weighted by atomic mass is 79.9. The number of benzene rings is 1. The lowest BCUT2D eigenvalue weighted by Crippen LogP contribution is -2.27. The molecule has 0 aliphatic heterocycles. The second-order valence-electron chi connectivity index (χ2n) is 4.53. The molecule has 1 amide bonds. The summed E-state index contributed by atoms with van der Waals surface area (Å²) in [4.78, 5) is 12.0. The minimum Gasteiger partial charge on any atom is -0.350 e. The van der Waals surface area contributed by atoms with Crippen LogP contribution in [0.1, 0.15) is 21.7 Å². The van der Waals surface area contributed by atoms with Crippen molar-refractivity contribution in [3.05, 3.63) is 57.8 Å². The predicted octanol–water partition coefficient (Wildman–Crippen LogP) is 3.30. The molecule has 1 aromatic heterocycles. The molecule has 19 heavy (non-hydrogen) atoms. The Morgan fingerprint density at radius 3 is 2.53 bits per heavy atom. The van der Waals surface area contributed by atoms with Gasteiger partial charge in [-0.3, -0.25) is 4.79 Å². The molecular formula is C15H17BrN2O. The SMILES string of the molecule is Cc1ccc(C)n1CCNC(=O)c1cccc(Br)c1. The summed E-state index contributed by atoms with van der Waals surface area (Å²) in [5, 5.41) is 2.94. The van der Waals surface area contributed by atoms with Gasteiger partial charge in [-0.05, 0) is 44.2 Å². The highest BCUT2D eigenvalue weighted by Gasteiger charge is 2.06. The van der Waals surface area contributed by atoms with Crippen LogP contribution in [0, 0.1) is 13.8 Å². The van der Waals surface area contributed by atoms with Crippen LogP contribution in [0.25, 0.3) is 0 Å². The highest BCUT2D eigenvalue weighted by Crippen LogP contribution is 2.11. The van der Waals surface area contributed by atoms with Crippen LogP contribution in [-0.2, 0) is 6.54 Å². The van der Waals surface area contributed by atoms with E-state index in [1.807, 2.05) is 24.3 Å². The molecule has 1 N–H and O–H groups in total. The Bertz CT molecular complexity index is 570. The van der Waals surface area contributed by atoms with Gasteiger partial charge < -0.3 is 9.88 Å². The molecule has 0 saturated carbocycles. The van der Waals surface area contributed by atoms with Crippen molar-refractivity contribution in [3.8, 4) is 0 Å². The molecule has 3 nitrogen and oxygen atoms in total. The largest absolute Gasteiger partial charge is 0.350 e. The average Bonchev–Trinajstić information content (AvgIpc) is 2.70. The van der Waals surface area contributed by atoms with E-state index in [4.69, 9.17) is 0 Å². The molecule has 0 spiro atoms. The first kappa shape index (κ1) is 13.9. The second-order valence-corrected chi connectivity index (χ2v) is 5.45. The maximum absolute atomic E-state index is 12.0. The smallest absolute Gasteiger partial charge is 0.251 e. The second kappa shape index (κ2) is 6.06. The average molecular weight is 321 g/mol. The molecule has 0 aliphatic carbocycles. The van der Waals surface area contributed by atoms with Crippen molar-refractivity contribution in [1.82, 2.24) is 9.88 Å². The van der Waals surface area contributed by atoms with E-state index in [-0.39, 0.29) is 5.91 Å². The van der Waals surface area contributed by atoms with Gasteiger partial charge in [-0.1, -0.05) is 22.0 Å². The topological polar surface area (TPSA) is 34.0 Å². The van der Waals surface area contributed by atoms with Gasteiger partial charge in [-0.15, -0.1) is 0 Å². The molecule has 0 unspecified atom stereocenters. The third-order valence-corrected chi connectivity index (χ3v) is 3.62. The van der Waals surface area contributed by atoms with Crippen molar-refractivity contribution in [2.75, 3.05) is 6.54 Å². The first-order valence-electron chi connectivity index (χ1n) is 6.24. The van der Waals surface area contributed by atoms with Crippen molar-refractivity contribution >= 4 is 21.8 Å². The molecule has 1 aromatic carbocycles. The van der Waals surface area contributed by atoms with Crippen LogP contribution < -0.4 is 5.32 Å². The summed E-state index contributed by atoms with van der Waals surface area (Å²) in [5.74, 6) is -0.0382. The fourth-order valence-electron chi connectivity index (χ4n) is 2.07. The molecule has 0 atom stereocenters. The van der Waals surface area contributed by atoms with E-state index in [1.54, 1.807) is 0 Å². The summed E-state index contributed by atoms with van der Waals surface area (Å²) in [6.45, 7) is 5.57. The molecule has 0 radical (unpaired) electrons. The fourth-order valence-corrected chi connectivity index (χ4v) is 2.46. The molecule has 100 valence electrons. The summed E-state index contributed by atoms with van der Waals surface area (Å²) >= 11 is 3.37. The monoisotopic (exact) mass is 320 g/mol. The molecular weight excluding hydrogens is 304 g/mol. The summed E-state index contributed by atoms with van der Waals surface area (Å²) in [6, 6.07) is 11.6. The first-order chi connectivity index (χ1) is 9.08. The maximum atomic E-state index is 12.0. The Morgan fingerprint density at radius 1 is 1.21 bits per heavy atom. The zero-order valence-corrected chi connectivity index (χ0v) is 12.7. The molecule has 0 bridgehead atoms. The first-order valence-corrected chi connectivity index (χ1v) is 7.04. The number of halogens is 1. The van der Waals surface area contributed by atoms with Crippen LogP contribution in [0.15, 0.2) is 40.9 Å². The predicted molar refractivity (Wildman–Crippen MR) is 80.4 cm³/mol. The number of hydrogen-bond donors (Lipinski definition) is 1. The number of nitrogens with zero attached hydrogens (tertiary/aromatic N) is 1. The zero-order valence-electron chi connectivity index (χ0n) is 11.1. The zero-order chi connectivity index (χ0) is 13.8. The molecule has 2 aromatic rings. The van der Waals surface area contributed by atoms with E-state index in [9.17, 15) is 4.79 Å². The van der Waals surface area contributed by atoms with E-state index in [2.05, 4.69) is 51.8 Å². The molecule has 0 saturated heterocycles. The number of aromatic nitrogens is 1. The Hall–Kier alpha value is -1.55. The van der Waals surface area contributed by atoms with Gasteiger partial charge in [0, 0.05) is 34.5 Å². The Kier molecular flexibility index (Phi) is 4.43. The number of amides is 1. The summed E-state index contributed by atoms with van der Waals surface area (Å²) in [5.41, 5.74) is 3.11. The van der Waals surface area contributed by atoms with Crippen molar-refractivity contribution in [3.63, 3.8) is 0 Å². The molecule has 2 rings (SSSR count). The number of carbonyl (C=O) groups excluding carboxylic acids is 1. The van der Waals surface area contributed by atoms with Crippen molar-refractivity contribution in [1.29, 1.82) is 0 Å². The van der Waals surface area contributed by atoms with Crippen molar-refractivity contribution < 1.29 is 4.79 Å². The summed E-state index contributed by atoms with van der Waals surface area (Å²) < 4.78 is 3.11. The Morgan fingerprint density at radius 2 is 1.89 bits per heavy atom. The highest BCUT2D eigenvalue weighted by molar-refractivity contribution is 9.10. The van der Waals surface area contributed by atoms with Gasteiger partial charge in [0.1, 0.15) is 0 Å². The van der Waals surface area contributed by atoms with Gasteiger partial charge >= 0.3 is 0 Å². The van der Waals surface area contributed by atoms with Gasteiger partial charge in [0.25, 0.3) is 5.91 Å². The number of hydrogen-bond acceptors (Lipinski definition) is 1. The fraction of sp³-hybridized carbons (Fsp3) is 0.267. The van der Waals surface area contributed by atoms with E-state index >= 15 is 0 Å². The van der Waals surface area contributed by atoms with Gasteiger partial charge in [-0.2, -0.15) is 0 Å². The number of carbonyl (C=O) groups is 1. The van der Waals surface area contributed by atoms with Crippen LogP contribution >= 0.6 is 15.9 Å². The van der Waals surface area contributed by atoms with Gasteiger partial charge in [0.15, 0.2) is 0 Å². The summed E-state index contributed by atoms with van der Waals surface area (Å²) in [7, 11) is 0. The van der Waals surface area contributed by atoms with Crippen LogP contribution in [-0.4, -0.2) is 17.0 Å². The lowest BCUT2D eigenvalue weighted by Gasteiger charge is -2.10. The van der Waals surface area contributed by atoms with Crippen molar-refractivity contribution in [2.45, 2.75) is 20.4 Å². The lowest BCUT2D eigenvalue weighted by atomic mass is 10.2. The van der Waals surface area contributed by atoms with Crippen molar-refractivity contribution in [2.24, 2.45) is 0 Å². The van der Waals surface area contributed by atoms with E-state index in [0.717, 1.165) is 11.0 Å². The number of rotatable bonds is 4. The third kappa shape index (κ3) is 3.47. The summed E-state index contributed by atoms with van der Waals surface area (Å²) in [6.07, 6.45) is 0. The number of nitrogens with one attached hydrogen (secondary N) is 1. The van der Waals surface area contributed by atoms with Crippen LogP contribution in [0.2, 0.25) is 0 Å². The standard InChI is InChI=1S/C15H17BrN2O/c1-11-6-7-12(2)18(11)9-8-17-15(19)13-4-3-5-14(16)10-13/h3-7,10H,8-9H2,1-2H3,(H,17,19). The van der Waals surface area contributed by atoms with Gasteiger partial charge in [0.2, 0.25) is 0 Å². The van der Waals surface area contributed by atoms with E-state index < -0.39 is 0 Å². The molecule has 1 heterocycles. The Balaban J connectivity index is 1.91. The van der Waals surface area contributed by atoms with Gasteiger partial charge in [0.05, 0.1) is 0 Å².